The van der Waals surface area contributed by atoms with E-state index in [0.717, 1.165) is 16.1 Å². The van der Waals surface area contributed by atoms with E-state index < -0.39 is 5.97 Å². The van der Waals surface area contributed by atoms with Crippen molar-refractivity contribution in [2.45, 2.75) is 13.8 Å². The topological polar surface area (TPSA) is 59.5 Å². The van der Waals surface area contributed by atoms with Crippen molar-refractivity contribution >= 4 is 34.1 Å². The van der Waals surface area contributed by atoms with Gasteiger partial charge in [-0.3, -0.25) is 4.79 Å². The number of ether oxygens (including phenoxy) is 1. The second kappa shape index (κ2) is 8.10. The highest BCUT2D eigenvalue weighted by atomic mass is 32.1. The Balaban J connectivity index is 1.90. The van der Waals surface area contributed by atoms with Crippen molar-refractivity contribution in [2.75, 3.05) is 19.7 Å². The Morgan fingerprint density at radius 1 is 1.12 bits per heavy atom. The van der Waals surface area contributed by atoms with E-state index in [0.29, 0.717) is 24.0 Å². The number of amides is 1. The first-order chi connectivity index (χ1) is 12.6. The largest absolute Gasteiger partial charge is 0.452 e. The Bertz CT molecular complexity index is 918. The summed E-state index contributed by atoms with van der Waals surface area (Å²) in [7, 11) is 0. The van der Waals surface area contributed by atoms with Gasteiger partial charge in [0.2, 0.25) is 0 Å². The minimum atomic E-state index is -0.512. The van der Waals surface area contributed by atoms with Crippen LogP contribution in [0.25, 0.3) is 21.5 Å². The molecule has 0 aliphatic rings. The van der Waals surface area contributed by atoms with Crippen LogP contribution < -0.4 is 0 Å². The predicted octanol–water partition coefficient (Wildman–Crippen LogP) is 3.99. The number of esters is 1. The number of aromatic nitrogens is 1. The van der Waals surface area contributed by atoms with Gasteiger partial charge < -0.3 is 9.64 Å². The van der Waals surface area contributed by atoms with Crippen LogP contribution in [0.4, 0.5) is 0 Å². The first kappa shape index (κ1) is 18.1. The second-order valence-corrected chi connectivity index (χ2v) is 6.64. The highest BCUT2D eigenvalue weighted by Gasteiger charge is 2.18. The summed E-state index contributed by atoms with van der Waals surface area (Å²) in [6.07, 6.45) is 0. The van der Waals surface area contributed by atoms with Crippen LogP contribution in [0.2, 0.25) is 0 Å². The van der Waals surface area contributed by atoms with Gasteiger partial charge in [0.25, 0.3) is 5.91 Å². The maximum absolute atomic E-state index is 12.7. The normalized spacial score (nSPS) is 10.7. The van der Waals surface area contributed by atoms with E-state index in [4.69, 9.17) is 4.74 Å². The molecule has 0 saturated carbocycles. The fourth-order valence-corrected chi connectivity index (χ4v) is 3.45. The number of nitrogens with zero attached hydrogens (tertiary/aromatic N) is 2. The van der Waals surface area contributed by atoms with Gasteiger partial charge >= 0.3 is 5.97 Å². The van der Waals surface area contributed by atoms with Crippen LogP contribution in [0.15, 0.2) is 47.8 Å². The molecular weight excluding hydrogens is 348 g/mol. The highest BCUT2D eigenvalue weighted by Crippen LogP contribution is 2.28. The van der Waals surface area contributed by atoms with Gasteiger partial charge in [0.1, 0.15) is 0 Å². The second-order valence-electron chi connectivity index (χ2n) is 5.69. The monoisotopic (exact) mass is 368 g/mol. The van der Waals surface area contributed by atoms with E-state index in [2.05, 4.69) is 4.98 Å². The van der Waals surface area contributed by atoms with Crippen molar-refractivity contribution in [3.8, 4) is 10.6 Å². The molecule has 0 saturated heterocycles. The third-order valence-corrected chi connectivity index (χ3v) is 5.04. The third kappa shape index (κ3) is 3.75. The van der Waals surface area contributed by atoms with Crippen molar-refractivity contribution in [2.24, 2.45) is 0 Å². The third-order valence-electron chi connectivity index (χ3n) is 4.15. The summed E-state index contributed by atoms with van der Waals surface area (Å²) in [4.78, 5) is 32.0. The molecule has 3 rings (SSSR count). The van der Waals surface area contributed by atoms with Crippen molar-refractivity contribution in [1.82, 2.24) is 9.88 Å². The van der Waals surface area contributed by atoms with Crippen LogP contribution in [-0.4, -0.2) is 41.5 Å². The zero-order valence-corrected chi connectivity index (χ0v) is 15.6. The molecule has 0 bridgehead atoms. The summed E-state index contributed by atoms with van der Waals surface area (Å²) < 4.78 is 5.30. The van der Waals surface area contributed by atoms with Gasteiger partial charge in [-0.25, -0.2) is 9.78 Å². The summed E-state index contributed by atoms with van der Waals surface area (Å²) >= 11 is 1.56. The lowest BCUT2D eigenvalue weighted by atomic mass is 10.1. The van der Waals surface area contributed by atoms with E-state index in [-0.39, 0.29) is 12.5 Å². The van der Waals surface area contributed by atoms with Crippen molar-refractivity contribution < 1.29 is 14.3 Å². The standard InChI is InChI=1S/C20H20N2O3S/c1-3-22(4-2)19(23)13-25-20(24)15-12-17(18-10-7-11-26-18)21-16-9-6-5-8-14(15)16/h5-12H,3-4,13H2,1-2H3. The predicted molar refractivity (Wildman–Crippen MR) is 103 cm³/mol. The van der Waals surface area contributed by atoms with Crippen LogP contribution in [0.1, 0.15) is 24.2 Å². The maximum Gasteiger partial charge on any atom is 0.339 e. The van der Waals surface area contributed by atoms with Crippen molar-refractivity contribution in [3.63, 3.8) is 0 Å². The van der Waals surface area contributed by atoms with Crippen LogP contribution in [0.5, 0.6) is 0 Å². The molecule has 0 aliphatic heterocycles. The highest BCUT2D eigenvalue weighted by molar-refractivity contribution is 7.13. The van der Waals surface area contributed by atoms with Crippen LogP contribution in [0, 0.1) is 0 Å². The molecule has 0 spiro atoms. The van der Waals surface area contributed by atoms with E-state index in [1.165, 1.54) is 0 Å². The molecule has 0 aliphatic carbocycles. The number of fused-ring (bicyclic) bond motifs is 1. The molecule has 3 aromatic rings. The van der Waals surface area contributed by atoms with Crippen molar-refractivity contribution in [1.29, 1.82) is 0 Å². The Morgan fingerprint density at radius 3 is 2.58 bits per heavy atom. The first-order valence-corrected chi connectivity index (χ1v) is 9.40. The van der Waals surface area contributed by atoms with Crippen LogP contribution >= 0.6 is 11.3 Å². The molecule has 6 heteroatoms. The van der Waals surface area contributed by atoms with E-state index in [1.54, 1.807) is 22.3 Å². The lowest BCUT2D eigenvalue weighted by Gasteiger charge is -2.18. The molecule has 2 aromatic heterocycles. The van der Waals surface area contributed by atoms with Gasteiger partial charge in [-0.1, -0.05) is 24.3 Å². The van der Waals surface area contributed by atoms with Gasteiger partial charge in [-0.2, -0.15) is 0 Å². The van der Waals surface area contributed by atoms with Gasteiger partial charge in [0.05, 0.1) is 21.7 Å². The summed E-state index contributed by atoms with van der Waals surface area (Å²) in [5.74, 6) is -0.706. The zero-order chi connectivity index (χ0) is 18.5. The van der Waals surface area contributed by atoms with Crippen LogP contribution in [-0.2, 0) is 9.53 Å². The van der Waals surface area contributed by atoms with E-state index in [1.807, 2.05) is 55.6 Å². The number of para-hydroxylation sites is 1. The summed E-state index contributed by atoms with van der Waals surface area (Å²) in [5.41, 5.74) is 1.87. The summed E-state index contributed by atoms with van der Waals surface area (Å²) in [6, 6.07) is 13.1. The fraction of sp³-hybridized carbons (Fsp3) is 0.250. The molecule has 134 valence electrons. The summed E-state index contributed by atoms with van der Waals surface area (Å²) in [5, 5.41) is 2.68. The smallest absolute Gasteiger partial charge is 0.339 e. The van der Waals surface area contributed by atoms with Gasteiger partial charge in [0, 0.05) is 18.5 Å². The molecule has 26 heavy (non-hydrogen) atoms. The Labute approximate surface area is 156 Å². The van der Waals surface area contributed by atoms with Gasteiger partial charge in [-0.05, 0) is 37.4 Å². The number of likely N-dealkylation sites (N-methyl/N-ethyl adjacent to an activating group) is 1. The molecule has 2 heterocycles. The number of thiophene rings is 1. The quantitative estimate of drug-likeness (QED) is 0.617. The number of hydrogen-bond donors (Lipinski definition) is 0. The fourth-order valence-electron chi connectivity index (χ4n) is 2.77. The molecule has 0 N–H and O–H groups in total. The number of hydrogen-bond acceptors (Lipinski definition) is 5. The molecule has 0 radical (unpaired) electrons. The van der Waals surface area contributed by atoms with Gasteiger partial charge in [0.15, 0.2) is 6.61 Å². The molecular formula is C20H20N2O3S. The number of rotatable bonds is 6. The zero-order valence-electron chi connectivity index (χ0n) is 14.8. The SMILES string of the molecule is CCN(CC)C(=O)COC(=O)c1cc(-c2cccs2)nc2ccccc12. The number of pyridine rings is 1. The maximum atomic E-state index is 12.7. The van der Waals surface area contributed by atoms with Crippen LogP contribution in [0.3, 0.4) is 0 Å². The Hall–Kier alpha value is -2.73. The average molecular weight is 368 g/mol. The average Bonchev–Trinajstić information content (AvgIpc) is 3.21. The molecule has 0 atom stereocenters. The number of carbonyl (C=O) groups excluding carboxylic acids is 2. The van der Waals surface area contributed by atoms with Gasteiger partial charge in [-0.15, -0.1) is 11.3 Å². The number of carbonyl (C=O) groups is 2. The first-order valence-electron chi connectivity index (χ1n) is 8.52. The summed E-state index contributed by atoms with van der Waals surface area (Å²) in [6.45, 7) is 4.71. The Morgan fingerprint density at radius 2 is 1.88 bits per heavy atom. The Kier molecular flexibility index (Phi) is 5.63. The van der Waals surface area contributed by atoms with E-state index in [9.17, 15) is 9.59 Å². The molecule has 5 nitrogen and oxygen atoms in total. The molecule has 1 aromatic carbocycles. The molecule has 1 amide bonds. The van der Waals surface area contributed by atoms with E-state index >= 15 is 0 Å². The lowest BCUT2D eigenvalue weighted by molar-refractivity contribution is -0.134. The lowest BCUT2D eigenvalue weighted by Crippen LogP contribution is -2.34. The van der Waals surface area contributed by atoms with Crippen molar-refractivity contribution in [3.05, 3.63) is 53.4 Å². The number of benzene rings is 1. The molecule has 0 fully saturated rings. The minimum Gasteiger partial charge on any atom is -0.452 e. The minimum absolute atomic E-state index is 0.194. The molecule has 0 unspecified atom stereocenters.